The molecule has 0 fully saturated rings. The Hall–Kier alpha value is -0.990. The zero-order chi connectivity index (χ0) is 14.9. The van der Waals surface area contributed by atoms with Gasteiger partial charge >= 0.3 is 6.18 Å². The van der Waals surface area contributed by atoms with Crippen LogP contribution >= 0.6 is 27.7 Å². The zero-order valence-corrected chi connectivity index (χ0v) is 12.7. The molecule has 1 aromatic heterocycles. The molecule has 0 amide bonds. The van der Waals surface area contributed by atoms with Crippen LogP contribution in [0.3, 0.4) is 0 Å². The number of alkyl halides is 3. The highest BCUT2D eigenvalue weighted by molar-refractivity contribution is 9.10. The fourth-order valence-electron chi connectivity index (χ4n) is 1.58. The van der Waals surface area contributed by atoms with Gasteiger partial charge in [-0.15, -0.1) is 0 Å². The van der Waals surface area contributed by atoms with E-state index in [-0.39, 0.29) is 11.5 Å². The zero-order valence-electron chi connectivity index (χ0n) is 10.3. The van der Waals surface area contributed by atoms with Crippen molar-refractivity contribution >= 4 is 27.7 Å². The number of aliphatic hydroxyl groups excluding tert-OH is 1. The molecule has 0 spiro atoms. The van der Waals surface area contributed by atoms with Crippen LogP contribution in [0.5, 0.6) is 0 Å². The molecule has 2 rings (SSSR count). The van der Waals surface area contributed by atoms with Crippen LogP contribution in [-0.2, 0) is 19.8 Å². The van der Waals surface area contributed by atoms with E-state index in [4.69, 9.17) is 5.11 Å². The summed E-state index contributed by atoms with van der Waals surface area (Å²) in [6, 6.07) is 3.98. The molecule has 1 heterocycles. The van der Waals surface area contributed by atoms with E-state index in [1.807, 2.05) is 0 Å². The first kappa shape index (κ1) is 15.4. The van der Waals surface area contributed by atoms with E-state index >= 15 is 0 Å². The van der Waals surface area contributed by atoms with Gasteiger partial charge in [-0.25, -0.2) is 4.98 Å². The Morgan fingerprint density at radius 3 is 2.65 bits per heavy atom. The largest absolute Gasteiger partial charge is 0.417 e. The highest BCUT2D eigenvalue weighted by Gasteiger charge is 2.34. The molecule has 20 heavy (non-hydrogen) atoms. The van der Waals surface area contributed by atoms with Crippen LogP contribution in [0.1, 0.15) is 11.3 Å². The first-order valence-electron chi connectivity index (χ1n) is 5.49. The third-order valence-electron chi connectivity index (χ3n) is 2.65. The number of nitrogens with zero attached hydrogens (tertiary/aromatic N) is 2. The smallest absolute Gasteiger partial charge is 0.390 e. The molecule has 0 unspecified atom stereocenters. The number of hydrogen-bond acceptors (Lipinski definition) is 3. The van der Waals surface area contributed by atoms with E-state index in [2.05, 4.69) is 20.9 Å². The average Bonchev–Trinajstić information content (AvgIpc) is 2.71. The third-order valence-corrected chi connectivity index (χ3v) is 4.28. The van der Waals surface area contributed by atoms with E-state index in [1.165, 1.54) is 12.3 Å². The van der Waals surface area contributed by atoms with Gasteiger partial charge in [0.1, 0.15) is 0 Å². The molecular formula is C12H10BrF3N2OS. The van der Waals surface area contributed by atoms with E-state index in [9.17, 15) is 13.2 Å². The normalized spacial score (nSPS) is 11.9. The molecule has 1 N–H and O–H groups in total. The summed E-state index contributed by atoms with van der Waals surface area (Å²) in [6.07, 6.45) is -2.99. The summed E-state index contributed by atoms with van der Waals surface area (Å²) in [5, 5.41) is 9.45. The summed E-state index contributed by atoms with van der Waals surface area (Å²) < 4.78 is 40.9. The van der Waals surface area contributed by atoms with E-state index in [0.29, 0.717) is 15.3 Å². The summed E-state index contributed by atoms with van der Waals surface area (Å²) in [5.41, 5.74) is -0.177. The van der Waals surface area contributed by atoms with Gasteiger partial charge in [0.25, 0.3) is 0 Å². The van der Waals surface area contributed by atoms with Crippen molar-refractivity contribution in [2.45, 2.75) is 22.8 Å². The molecule has 1 aromatic carbocycles. The van der Waals surface area contributed by atoms with Crippen molar-refractivity contribution in [2.24, 2.45) is 7.05 Å². The molecule has 3 nitrogen and oxygen atoms in total. The molecule has 0 atom stereocenters. The highest BCUT2D eigenvalue weighted by Crippen LogP contribution is 2.40. The molecular weight excluding hydrogens is 357 g/mol. The van der Waals surface area contributed by atoms with Crippen molar-refractivity contribution in [1.82, 2.24) is 9.55 Å². The number of aliphatic hydroxyl groups is 1. The summed E-state index contributed by atoms with van der Waals surface area (Å²) in [7, 11) is 1.65. The molecule has 0 saturated heterocycles. The van der Waals surface area contributed by atoms with Crippen molar-refractivity contribution in [1.29, 1.82) is 0 Å². The molecule has 2 aromatic rings. The number of aromatic nitrogens is 2. The number of rotatable bonds is 3. The fraction of sp³-hybridized carbons (Fsp3) is 0.250. The molecule has 0 saturated carbocycles. The molecule has 0 radical (unpaired) electrons. The van der Waals surface area contributed by atoms with Crippen molar-refractivity contribution < 1.29 is 18.3 Å². The SMILES string of the molecule is Cn1c(CO)cnc1Sc1ccc(Br)cc1C(F)(F)F. The molecule has 8 heteroatoms. The minimum absolute atomic E-state index is 0.0684. The van der Waals surface area contributed by atoms with Gasteiger partial charge in [0, 0.05) is 16.4 Å². The Labute approximate surface area is 126 Å². The van der Waals surface area contributed by atoms with Crippen molar-refractivity contribution in [3.8, 4) is 0 Å². The lowest BCUT2D eigenvalue weighted by atomic mass is 10.2. The summed E-state index contributed by atoms with van der Waals surface area (Å²) in [4.78, 5) is 4.08. The number of hydrogen-bond donors (Lipinski definition) is 1. The summed E-state index contributed by atoms with van der Waals surface area (Å²) >= 11 is 3.95. The first-order valence-corrected chi connectivity index (χ1v) is 7.10. The van der Waals surface area contributed by atoms with E-state index in [1.54, 1.807) is 17.7 Å². The second-order valence-electron chi connectivity index (χ2n) is 3.99. The van der Waals surface area contributed by atoms with Crippen molar-refractivity contribution in [3.05, 3.63) is 40.1 Å². The van der Waals surface area contributed by atoms with E-state index < -0.39 is 11.7 Å². The van der Waals surface area contributed by atoms with Crippen LogP contribution in [-0.4, -0.2) is 14.7 Å². The molecule has 0 bridgehead atoms. The topological polar surface area (TPSA) is 38.0 Å². The maximum absolute atomic E-state index is 13.0. The Morgan fingerprint density at radius 2 is 2.10 bits per heavy atom. The molecule has 0 aliphatic carbocycles. The van der Waals surface area contributed by atoms with Gasteiger partial charge in [-0.05, 0) is 18.2 Å². The van der Waals surface area contributed by atoms with Gasteiger partial charge in [-0.3, -0.25) is 0 Å². The lowest BCUT2D eigenvalue weighted by molar-refractivity contribution is -0.139. The Bertz CT molecular complexity index is 628. The Balaban J connectivity index is 2.41. The fourth-order valence-corrected chi connectivity index (χ4v) is 2.92. The highest BCUT2D eigenvalue weighted by atomic mass is 79.9. The van der Waals surface area contributed by atoms with Gasteiger partial charge < -0.3 is 9.67 Å². The Kier molecular flexibility index (Phi) is 4.46. The van der Waals surface area contributed by atoms with Gasteiger partial charge in [0.2, 0.25) is 0 Å². The maximum Gasteiger partial charge on any atom is 0.417 e. The average molecular weight is 367 g/mol. The minimum Gasteiger partial charge on any atom is -0.390 e. The predicted molar refractivity (Wildman–Crippen MR) is 72.4 cm³/mol. The van der Waals surface area contributed by atoms with Crippen LogP contribution in [0.15, 0.2) is 38.9 Å². The Morgan fingerprint density at radius 1 is 1.40 bits per heavy atom. The molecule has 0 aliphatic heterocycles. The third kappa shape index (κ3) is 3.18. The van der Waals surface area contributed by atoms with Crippen LogP contribution in [0.2, 0.25) is 0 Å². The second kappa shape index (κ2) is 5.79. The van der Waals surface area contributed by atoms with E-state index in [0.717, 1.165) is 17.8 Å². The number of halogens is 4. The lowest BCUT2D eigenvalue weighted by Crippen LogP contribution is -2.07. The first-order chi connectivity index (χ1) is 9.32. The summed E-state index contributed by atoms with van der Waals surface area (Å²) in [6.45, 7) is -0.212. The molecule has 108 valence electrons. The van der Waals surface area contributed by atoms with Crippen LogP contribution in [0.25, 0.3) is 0 Å². The summed E-state index contributed by atoms with van der Waals surface area (Å²) in [5.74, 6) is 0. The minimum atomic E-state index is -4.43. The monoisotopic (exact) mass is 366 g/mol. The van der Waals surface area contributed by atoms with Gasteiger partial charge in [-0.2, -0.15) is 13.2 Å². The number of benzene rings is 1. The van der Waals surface area contributed by atoms with Crippen LogP contribution < -0.4 is 0 Å². The van der Waals surface area contributed by atoms with Gasteiger partial charge in [0.15, 0.2) is 5.16 Å². The van der Waals surface area contributed by atoms with Gasteiger partial charge in [-0.1, -0.05) is 27.7 Å². The lowest BCUT2D eigenvalue weighted by Gasteiger charge is -2.12. The quantitative estimate of drug-likeness (QED) is 0.896. The molecule has 0 aliphatic rings. The second-order valence-corrected chi connectivity index (χ2v) is 5.91. The van der Waals surface area contributed by atoms with Crippen molar-refractivity contribution in [2.75, 3.05) is 0 Å². The van der Waals surface area contributed by atoms with Crippen LogP contribution in [0.4, 0.5) is 13.2 Å². The standard InChI is InChI=1S/C12H10BrF3N2OS/c1-18-8(6-19)5-17-11(18)20-10-3-2-7(13)4-9(10)12(14,15)16/h2-5,19H,6H2,1H3. The van der Waals surface area contributed by atoms with Crippen LogP contribution in [0, 0.1) is 0 Å². The van der Waals surface area contributed by atoms with Crippen molar-refractivity contribution in [3.63, 3.8) is 0 Å². The van der Waals surface area contributed by atoms with Gasteiger partial charge in [0.05, 0.1) is 24.1 Å². The number of imidazole rings is 1. The predicted octanol–water partition coefficient (Wildman–Crippen LogP) is 3.84. The maximum atomic E-state index is 13.0.